The fourth-order valence-electron chi connectivity index (χ4n) is 0.898. The number of amides is 1. The molecule has 0 fully saturated rings. The molecule has 14 heavy (non-hydrogen) atoms. The number of nitrogens with zero attached hydrogens (tertiary/aromatic N) is 1. The second-order valence-electron chi connectivity index (χ2n) is 2.50. The summed E-state index contributed by atoms with van der Waals surface area (Å²) in [6, 6.07) is 2.95. The van der Waals surface area contributed by atoms with E-state index in [-0.39, 0.29) is 11.6 Å². The van der Waals surface area contributed by atoms with E-state index < -0.39 is 5.97 Å². The van der Waals surface area contributed by atoms with Gasteiger partial charge in [-0.2, -0.15) is 0 Å². The van der Waals surface area contributed by atoms with Crippen molar-refractivity contribution in [2.24, 2.45) is 0 Å². The summed E-state index contributed by atoms with van der Waals surface area (Å²) in [6.45, 7) is 0. The van der Waals surface area contributed by atoms with Crippen LogP contribution in [0.15, 0.2) is 18.3 Å². The van der Waals surface area contributed by atoms with Crippen LogP contribution < -0.4 is 5.32 Å². The van der Waals surface area contributed by atoms with Crippen LogP contribution in [0.25, 0.3) is 0 Å². The Morgan fingerprint density at radius 3 is 2.57 bits per heavy atom. The Hall–Kier alpha value is -1.91. The minimum Gasteiger partial charge on any atom is -0.464 e. The molecule has 5 nitrogen and oxygen atoms in total. The fraction of sp³-hybridized carbons (Fsp3) is 0.222. The van der Waals surface area contributed by atoms with E-state index in [4.69, 9.17) is 0 Å². The first-order valence-electron chi connectivity index (χ1n) is 3.95. The number of ether oxygens (including phenoxy) is 1. The predicted octanol–water partition coefficient (Wildman–Crippen LogP) is 0.228. The van der Waals surface area contributed by atoms with Crippen LogP contribution in [-0.4, -0.2) is 31.0 Å². The highest BCUT2D eigenvalue weighted by atomic mass is 16.5. The maximum atomic E-state index is 11.1. The first kappa shape index (κ1) is 10.2. The zero-order valence-corrected chi connectivity index (χ0v) is 7.90. The van der Waals surface area contributed by atoms with Crippen molar-refractivity contribution in [3.05, 3.63) is 29.6 Å². The Balaban J connectivity index is 2.89. The molecule has 0 radical (unpaired) electrons. The van der Waals surface area contributed by atoms with Crippen molar-refractivity contribution in [1.29, 1.82) is 0 Å². The summed E-state index contributed by atoms with van der Waals surface area (Å²) in [7, 11) is 2.80. The largest absolute Gasteiger partial charge is 0.464 e. The average molecular weight is 194 g/mol. The first-order valence-corrected chi connectivity index (χ1v) is 3.95. The van der Waals surface area contributed by atoms with Gasteiger partial charge in [-0.1, -0.05) is 0 Å². The molecule has 1 amide bonds. The summed E-state index contributed by atoms with van der Waals surface area (Å²) in [5, 5.41) is 2.45. The van der Waals surface area contributed by atoms with E-state index in [1.807, 2.05) is 0 Å². The number of esters is 1. The molecule has 0 spiro atoms. The number of pyridine rings is 1. The summed E-state index contributed by atoms with van der Waals surface area (Å²) in [4.78, 5) is 25.9. The van der Waals surface area contributed by atoms with Crippen LogP contribution in [0, 0.1) is 0 Å². The van der Waals surface area contributed by atoms with Gasteiger partial charge in [-0.05, 0) is 12.1 Å². The quantitative estimate of drug-likeness (QED) is 0.684. The number of carbonyl (C=O) groups is 2. The molecule has 1 heterocycles. The standard InChI is InChI=1S/C9H10N2O3/c1-10-8(12)6-3-4-7(11-5-6)9(13)14-2/h3-5H,1-2H3,(H,10,12). The number of methoxy groups -OCH3 is 1. The second kappa shape index (κ2) is 4.36. The molecule has 1 N–H and O–H groups in total. The SMILES string of the molecule is CNC(=O)c1ccc(C(=O)OC)nc1. The van der Waals surface area contributed by atoms with Crippen LogP contribution in [0.3, 0.4) is 0 Å². The van der Waals surface area contributed by atoms with Gasteiger partial charge in [0.2, 0.25) is 0 Å². The van der Waals surface area contributed by atoms with Gasteiger partial charge in [-0.25, -0.2) is 9.78 Å². The Bertz CT molecular complexity index is 311. The summed E-state index contributed by atoms with van der Waals surface area (Å²) in [5.41, 5.74) is 0.584. The summed E-state index contributed by atoms with van der Waals surface area (Å²) in [5.74, 6) is -0.762. The van der Waals surface area contributed by atoms with Crippen molar-refractivity contribution in [3.8, 4) is 0 Å². The van der Waals surface area contributed by atoms with Crippen molar-refractivity contribution >= 4 is 11.9 Å². The average Bonchev–Trinajstić information content (AvgIpc) is 2.27. The lowest BCUT2D eigenvalue weighted by molar-refractivity contribution is 0.0593. The molecule has 0 aliphatic rings. The molecule has 0 atom stereocenters. The molecule has 0 saturated carbocycles. The molecule has 0 unspecified atom stereocenters. The van der Waals surface area contributed by atoms with Crippen molar-refractivity contribution < 1.29 is 14.3 Å². The molecule has 5 heteroatoms. The molecule has 0 aliphatic heterocycles. The molecule has 1 aromatic heterocycles. The molecule has 0 saturated heterocycles. The Kier molecular flexibility index (Phi) is 3.17. The Morgan fingerprint density at radius 1 is 1.43 bits per heavy atom. The van der Waals surface area contributed by atoms with Crippen molar-refractivity contribution in [1.82, 2.24) is 10.3 Å². The van der Waals surface area contributed by atoms with Gasteiger partial charge >= 0.3 is 5.97 Å². The number of hydrogen-bond acceptors (Lipinski definition) is 4. The molecule has 0 aliphatic carbocycles. The van der Waals surface area contributed by atoms with E-state index in [2.05, 4.69) is 15.0 Å². The van der Waals surface area contributed by atoms with Gasteiger partial charge in [0, 0.05) is 13.2 Å². The smallest absolute Gasteiger partial charge is 0.356 e. The zero-order valence-electron chi connectivity index (χ0n) is 7.90. The van der Waals surface area contributed by atoms with Crippen molar-refractivity contribution in [2.45, 2.75) is 0 Å². The lowest BCUT2D eigenvalue weighted by Gasteiger charge is -2.00. The third kappa shape index (κ3) is 2.07. The lowest BCUT2D eigenvalue weighted by Crippen LogP contribution is -2.18. The number of nitrogens with one attached hydrogen (secondary N) is 1. The molecular weight excluding hydrogens is 184 g/mol. The third-order valence-electron chi connectivity index (χ3n) is 1.65. The van der Waals surface area contributed by atoms with E-state index >= 15 is 0 Å². The van der Waals surface area contributed by atoms with E-state index in [1.54, 1.807) is 0 Å². The van der Waals surface area contributed by atoms with E-state index in [0.29, 0.717) is 5.56 Å². The molecule has 1 rings (SSSR count). The molecular formula is C9H10N2O3. The highest BCUT2D eigenvalue weighted by Gasteiger charge is 2.08. The zero-order chi connectivity index (χ0) is 10.6. The number of carbonyl (C=O) groups excluding carboxylic acids is 2. The molecule has 0 bridgehead atoms. The minimum atomic E-state index is -0.520. The van der Waals surface area contributed by atoms with Crippen LogP contribution in [0.1, 0.15) is 20.8 Å². The van der Waals surface area contributed by atoms with E-state index in [9.17, 15) is 9.59 Å². The maximum Gasteiger partial charge on any atom is 0.356 e. The van der Waals surface area contributed by atoms with E-state index in [1.165, 1.54) is 32.5 Å². The van der Waals surface area contributed by atoms with Gasteiger partial charge in [0.25, 0.3) is 5.91 Å². The molecule has 0 aromatic carbocycles. The van der Waals surface area contributed by atoms with Crippen LogP contribution in [0.2, 0.25) is 0 Å². The first-order chi connectivity index (χ1) is 6.69. The Labute approximate surface area is 81.1 Å². The van der Waals surface area contributed by atoms with Crippen LogP contribution >= 0.6 is 0 Å². The Morgan fingerprint density at radius 2 is 2.14 bits per heavy atom. The molecule has 1 aromatic rings. The normalized spacial score (nSPS) is 9.29. The second-order valence-corrected chi connectivity index (χ2v) is 2.50. The monoisotopic (exact) mass is 194 g/mol. The van der Waals surface area contributed by atoms with Crippen LogP contribution in [-0.2, 0) is 4.74 Å². The van der Waals surface area contributed by atoms with Crippen LogP contribution in [0.5, 0.6) is 0 Å². The minimum absolute atomic E-state index is 0.181. The summed E-state index contributed by atoms with van der Waals surface area (Å²) in [6.07, 6.45) is 1.32. The van der Waals surface area contributed by atoms with Crippen molar-refractivity contribution in [2.75, 3.05) is 14.2 Å². The summed E-state index contributed by atoms with van der Waals surface area (Å²) >= 11 is 0. The fourth-order valence-corrected chi connectivity index (χ4v) is 0.898. The number of aromatic nitrogens is 1. The number of rotatable bonds is 2. The highest BCUT2D eigenvalue weighted by Crippen LogP contribution is 2.01. The third-order valence-corrected chi connectivity index (χ3v) is 1.65. The van der Waals surface area contributed by atoms with Gasteiger partial charge in [-0.3, -0.25) is 4.79 Å². The summed E-state index contributed by atoms with van der Waals surface area (Å²) < 4.78 is 4.46. The van der Waals surface area contributed by atoms with Gasteiger partial charge in [0.1, 0.15) is 5.69 Å². The van der Waals surface area contributed by atoms with Crippen LogP contribution in [0.4, 0.5) is 0 Å². The van der Waals surface area contributed by atoms with E-state index in [0.717, 1.165) is 0 Å². The number of hydrogen-bond donors (Lipinski definition) is 1. The predicted molar refractivity (Wildman–Crippen MR) is 49.0 cm³/mol. The van der Waals surface area contributed by atoms with Crippen molar-refractivity contribution in [3.63, 3.8) is 0 Å². The van der Waals surface area contributed by atoms with Gasteiger partial charge in [0.05, 0.1) is 12.7 Å². The van der Waals surface area contributed by atoms with Gasteiger partial charge in [0.15, 0.2) is 0 Å². The van der Waals surface area contributed by atoms with Gasteiger partial charge < -0.3 is 10.1 Å². The lowest BCUT2D eigenvalue weighted by atomic mass is 10.2. The van der Waals surface area contributed by atoms with Gasteiger partial charge in [-0.15, -0.1) is 0 Å². The highest BCUT2D eigenvalue weighted by molar-refractivity contribution is 5.94. The topological polar surface area (TPSA) is 68.3 Å². The molecule has 74 valence electrons. The maximum absolute atomic E-state index is 11.1.